The first-order valence-corrected chi connectivity index (χ1v) is 8.91. The fourth-order valence-electron chi connectivity index (χ4n) is 1.70. The van der Waals surface area contributed by atoms with Crippen LogP contribution in [0.2, 0.25) is 5.02 Å². The summed E-state index contributed by atoms with van der Waals surface area (Å²) in [4.78, 5) is 15.9. The summed E-state index contributed by atoms with van der Waals surface area (Å²) in [5.74, 6) is 1.80. The summed E-state index contributed by atoms with van der Waals surface area (Å²) in [6.45, 7) is 1.57. The molecule has 0 aliphatic rings. The van der Waals surface area contributed by atoms with Crippen LogP contribution in [0.25, 0.3) is 0 Å². The zero-order valence-corrected chi connectivity index (χ0v) is 17.3. The van der Waals surface area contributed by atoms with Crippen LogP contribution in [-0.4, -0.2) is 44.0 Å². The van der Waals surface area contributed by atoms with Gasteiger partial charge in [-0.15, -0.1) is 24.0 Å². The maximum Gasteiger partial charge on any atom is 0.224 e. The van der Waals surface area contributed by atoms with Gasteiger partial charge in [-0.3, -0.25) is 9.79 Å². The van der Waals surface area contributed by atoms with Crippen LogP contribution in [0.15, 0.2) is 29.3 Å². The number of carbonyl (C=O) groups excluding carboxylic acids is 1. The lowest BCUT2D eigenvalue weighted by atomic mass is 10.2. The van der Waals surface area contributed by atoms with Gasteiger partial charge in [0.15, 0.2) is 5.96 Å². The lowest BCUT2D eigenvalue weighted by Gasteiger charge is -2.11. The highest BCUT2D eigenvalue weighted by molar-refractivity contribution is 14.0. The number of benzene rings is 1. The first kappa shape index (κ1) is 22.3. The molecule has 0 saturated carbocycles. The van der Waals surface area contributed by atoms with E-state index in [1.165, 1.54) is 0 Å². The van der Waals surface area contributed by atoms with Crippen LogP contribution >= 0.6 is 47.3 Å². The van der Waals surface area contributed by atoms with Gasteiger partial charge in [-0.1, -0.05) is 11.6 Å². The topological polar surface area (TPSA) is 65.5 Å². The molecular weight excluding hydrogens is 447 g/mol. The number of hydrogen-bond donors (Lipinski definition) is 3. The van der Waals surface area contributed by atoms with Crippen molar-refractivity contribution in [2.45, 2.75) is 12.8 Å². The molecule has 1 amide bonds. The molecule has 0 aliphatic carbocycles. The number of rotatable bonds is 8. The highest BCUT2D eigenvalue weighted by Gasteiger charge is 2.03. The Labute approximate surface area is 164 Å². The van der Waals surface area contributed by atoms with E-state index >= 15 is 0 Å². The molecule has 1 rings (SSSR count). The van der Waals surface area contributed by atoms with Crippen molar-refractivity contribution >= 4 is 64.9 Å². The maximum absolute atomic E-state index is 11.8. The van der Waals surface area contributed by atoms with Gasteiger partial charge < -0.3 is 16.0 Å². The average Bonchev–Trinajstić information content (AvgIpc) is 2.52. The molecule has 0 unspecified atom stereocenters. The molecule has 0 spiro atoms. The van der Waals surface area contributed by atoms with Crippen molar-refractivity contribution in [1.29, 1.82) is 0 Å². The number of amides is 1. The number of aliphatic imine (C=N–C) groups is 1. The summed E-state index contributed by atoms with van der Waals surface area (Å²) >= 11 is 7.58. The smallest absolute Gasteiger partial charge is 0.224 e. The molecule has 0 saturated heterocycles. The van der Waals surface area contributed by atoms with Crippen molar-refractivity contribution in [3.63, 3.8) is 0 Å². The fourth-order valence-corrected chi connectivity index (χ4v) is 2.14. The lowest BCUT2D eigenvalue weighted by molar-refractivity contribution is -0.116. The summed E-state index contributed by atoms with van der Waals surface area (Å²) in [6.07, 6.45) is 3.26. The van der Waals surface area contributed by atoms with Crippen molar-refractivity contribution in [3.05, 3.63) is 29.3 Å². The van der Waals surface area contributed by atoms with Crippen molar-refractivity contribution in [2.75, 3.05) is 37.5 Å². The van der Waals surface area contributed by atoms with E-state index in [0.717, 1.165) is 30.4 Å². The van der Waals surface area contributed by atoms with Gasteiger partial charge in [0.25, 0.3) is 0 Å². The van der Waals surface area contributed by atoms with Crippen molar-refractivity contribution in [2.24, 2.45) is 4.99 Å². The molecule has 1 aromatic carbocycles. The van der Waals surface area contributed by atoms with Gasteiger partial charge in [0.1, 0.15) is 0 Å². The minimum atomic E-state index is -0.00514. The number of nitrogens with one attached hydrogen (secondary N) is 3. The predicted octanol–water partition coefficient (Wildman–Crippen LogP) is 3.20. The molecule has 0 aromatic heterocycles. The summed E-state index contributed by atoms with van der Waals surface area (Å²) < 4.78 is 0. The van der Waals surface area contributed by atoms with Gasteiger partial charge in [-0.2, -0.15) is 11.8 Å². The van der Waals surface area contributed by atoms with E-state index in [1.807, 2.05) is 0 Å². The molecule has 0 atom stereocenters. The van der Waals surface area contributed by atoms with Gasteiger partial charge in [-0.05, 0) is 36.9 Å². The third-order valence-corrected chi connectivity index (χ3v) is 3.69. The Morgan fingerprint density at radius 3 is 2.48 bits per heavy atom. The highest BCUT2D eigenvalue weighted by Crippen LogP contribution is 2.13. The van der Waals surface area contributed by atoms with Crippen molar-refractivity contribution < 1.29 is 4.79 Å². The normalized spacial score (nSPS) is 10.7. The van der Waals surface area contributed by atoms with Gasteiger partial charge in [0.05, 0.1) is 0 Å². The van der Waals surface area contributed by atoms with Gasteiger partial charge >= 0.3 is 0 Å². The molecule has 1 aromatic rings. The van der Waals surface area contributed by atoms with Gasteiger partial charge in [0, 0.05) is 43.0 Å². The molecule has 0 fully saturated rings. The van der Waals surface area contributed by atoms with E-state index in [-0.39, 0.29) is 29.9 Å². The predicted molar refractivity (Wildman–Crippen MR) is 112 cm³/mol. The van der Waals surface area contributed by atoms with Crippen LogP contribution in [0.1, 0.15) is 12.8 Å². The number of carbonyl (C=O) groups is 1. The van der Waals surface area contributed by atoms with Gasteiger partial charge in [0.2, 0.25) is 5.91 Å². The molecule has 3 N–H and O–H groups in total. The highest BCUT2D eigenvalue weighted by atomic mass is 127. The summed E-state index contributed by atoms with van der Waals surface area (Å²) in [6, 6.07) is 7.08. The van der Waals surface area contributed by atoms with Crippen LogP contribution < -0.4 is 16.0 Å². The summed E-state index contributed by atoms with van der Waals surface area (Å²) in [5, 5.41) is 9.89. The Bertz CT molecular complexity index is 485. The maximum atomic E-state index is 11.8. The van der Waals surface area contributed by atoms with Crippen molar-refractivity contribution in [1.82, 2.24) is 10.6 Å². The SMILES string of the molecule is CN=C(NCCCC(=O)Nc1ccc(Cl)cc1)NCCSC.I. The molecule has 0 bridgehead atoms. The molecule has 0 aliphatic heterocycles. The lowest BCUT2D eigenvalue weighted by Crippen LogP contribution is -2.39. The second-order valence-electron chi connectivity index (χ2n) is 4.58. The molecule has 5 nitrogen and oxygen atoms in total. The minimum absolute atomic E-state index is 0. The Morgan fingerprint density at radius 2 is 1.87 bits per heavy atom. The van der Waals surface area contributed by atoms with E-state index in [9.17, 15) is 4.79 Å². The monoisotopic (exact) mass is 470 g/mol. The molecule has 0 heterocycles. The Balaban J connectivity index is 0.00000484. The first-order chi connectivity index (χ1) is 10.7. The largest absolute Gasteiger partial charge is 0.356 e. The van der Waals surface area contributed by atoms with E-state index < -0.39 is 0 Å². The Morgan fingerprint density at radius 1 is 1.22 bits per heavy atom. The second kappa shape index (κ2) is 13.7. The summed E-state index contributed by atoms with van der Waals surface area (Å²) in [5.41, 5.74) is 0.761. The quantitative estimate of drug-likeness (QED) is 0.236. The summed E-state index contributed by atoms with van der Waals surface area (Å²) in [7, 11) is 1.74. The standard InChI is InChI=1S/C15H23ClN4OS.HI/c1-17-15(19-10-11-22-2)18-9-3-4-14(21)20-13-7-5-12(16)6-8-13;/h5-8H,3-4,9-11H2,1-2H3,(H,20,21)(H2,17,18,19);1H. The average molecular weight is 471 g/mol. The third-order valence-electron chi connectivity index (χ3n) is 2.82. The van der Waals surface area contributed by atoms with Crippen LogP contribution in [0, 0.1) is 0 Å². The zero-order valence-electron chi connectivity index (χ0n) is 13.4. The molecule has 8 heteroatoms. The van der Waals surface area contributed by atoms with E-state index in [1.54, 1.807) is 43.1 Å². The number of anilines is 1. The van der Waals surface area contributed by atoms with Crippen LogP contribution in [-0.2, 0) is 4.79 Å². The third kappa shape index (κ3) is 10.7. The van der Waals surface area contributed by atoms with Crippen LogP contribution in [0.3, 0.4) is 0 Å². The number of guanidine groups is 1. The Kier molecular flexibility index (Phi) is 13.3. The number of halogens is 2. The number of thioether (sulfide) groups is 1. The van der Waals surface area contributed by atoms with E-state index in [0.29, 0.717) is 18.0 Å². The Hall–Kier alpha value is -0.670. The molecule has 0 radical (unpaired) electrons. The molecule has 23 heavy (non-hydrogen) atoms. The second-order valence-corrected chi connectivity index (χ2v) is 6.00. The minimum Gasteiger partial charge on any atom is -0.356 e. The van der Waals surface area contributed by atoms with E-state index in [2.05, 4.69) is 27.2 Å². The van der Waals surface area contributed by atoms with Crippen LogP contribution in [0.4, 0.5) is 5.69 Å². The van der Waals surface area contributed by atoms with E-state index in [4.69, 9.17) is 11.6 Å². The fraction of sp³-hybridized carbons (Fsp3) is 0.467. The zero-order chi connectivity index (χ0) is 16.2. The van der Waals surface area contributed by atoms with Gasteiger partial charge in [-0.25, -0.2) is 0 Å². The number of nitrogens with zero attached hydrogens (tertiary/aromatic N) is 1. The van der Waals surface area contributed by atoms with Crippen molar-refractivity contribution in [3.8, 4) is 0 Å². The molecular formula is C15H24ClIN4OS. The molecule has 130 valence electrons. The first-order valence-electron chi connectivity index (χ1n) is 7.14. The number of hydrogen-bond acceptors (Lipinski definition) is 3. The van der Waals surface area contributed by atoms with Crippen LogP contribution in [0.5, 0.6) is 0 Å².